The number of halogens is 1. The molecule has 1 aromatic carbocycles. The number of aryl methyl sites for hydroxylation is 1. The lowest BCUT2D eigenvalue weighted by molar-refractivity contribution is 0.394. The number of thiazole rings is 1. The van der Waals surface area contributed by atoms with E-state index in [2.05, 4.69) is 32.4 Å². The summed E-state index contributed by atoms with van der Waals surface area (Å²) in [7, 11) is 5.15. The number of rotatable bonds is 7. The van der Waals surface area contributed by atoms with Gasteiger partial charge in [0.2, 0.25) is 0 Å². The van der Waals surface area contributed by atoms with Crippen molar-refractivity contribution in [1.82, 2.24) is 15.6 Å². The Labute approximate surface area is 193 Å². The Morgan fingerprint density at radius 1 is 1.28 bits per heavy atom. The van der Waals surface area contributed by atoms with Crippen LogP contribution in [0.4, 0.5) is 5.69 Å². The fraction of sp³-hybridized carbons (Fsp3) is 0.500. The summed E-state index contributed by atoms with van der Waals surface area (Å²) in [6.07, 6.45) is 4.02. The van der Waals surface area contributed by atoms with Crippen LogP contribution in [-0.4, -0.2) is 51.3 Å². The molecule has 2 N–H and O–H groups in total. The standard InChI is InChI=1S/C20H29N5O2S.HI/c1-5-18-11-22-19(28-18)12-23-20(21-2)24-14-6-7-25(13-14)15-8-16(26-3)10-17(9-15)27-4;/h8-11,14H,5-7,12-13H2,1-4H3,(H2,21,23,24);1H. The molecule has 160 valence electrons. The normalized spacial score (nSPS) is 16.3. The van der Waals surface area contributed by atoms with Crippen molar-refractivity contribution >= 4 is 47.0 Å². The van der Waals surface area contributed by atoms with Gasteiger partial charge in [-0.2, -0.15) is 0 Å². The number of methoxy groups -OCH3 is 2. The molecule has 29 heavy (non-hydrogen) atoms. The lowest BCUT2D eigenvalue weighted by Gasteiger charge is -2.21. The van der Waals surface area contributed by atoms with E-state index >= 15 is 0 Å². The van der Waals surface area contributed by atoms with E-state index in [1.807, 2.05) is 24.4 Å². The molecule has 1 aromatic heterocycles. The van der Waals surface area contributed by atoms with E-state index < -0.39 is 0 Å². The quantitative estimate of drug-likeness (QED) is 0.325. The van der Waals surface area contributed by atoms with Crippen LogP contribution in [0, 0.1) is 0 Å². The van der Waals surface area contributed by atoms with E-state index in [4.69, 9.17) is 9.47 Å². The number of guanidine groups is 1. The summed E-state index contributed by atoms with van der Waals surface area (Å²) < 4.78 is 10.8. The maximum absolute atomic E-state index is 5.39. The van der Waals surface area contributed by atoms with Gasteiger partial charge in [-0.15, -0.1) is 35.3 Å². The number of hydrogen-bond donors (Lipinski definition) is 2. The fourth-order valence-corrected chi connectivity index (χ4v) is 4.03. The van der Waals surface area contributed by atoms with Crippen molar-refractivity contribution in [1.29, 1.82) is 0 Å². The summed E-state index contributed by atoms with van der Waals surface area (Å²) in [6.45, 7) is 4.70. The van der Waals surface area contributed by atoms with Gasteiger partial charge >= 0.3 is 0 Å². The Morgan fingerprint density at radius 2 is 2.00 bits per heavy atom. The first-order chi connectivity index (χ1) is 13.6. The average molecular weight is 531 g/mol. The highest BCUT2D eigenvalue weighted by Gasteiger charge is 2.24. The zero-order chi connectivity index (χ0) is 19.9. The van der Waals surface area contributed by atoms with Crippen molar-refractivity contribution in [3.05, 3.63) is 34.3 Å². The molecule has 1 unspecified atom stereocenters. The first-order valence-corrected chi connectivity index (χ1v) is 10.4. The Morgan fingerprint density at radius 3 is 2.59 bits per heavy atom. The van der Waals surface area contributed by atoms with Gasteiger partial charge in [0, 0.05) is 61.1 Å². The Hall–Kier alpha value is -1.75. The average Bonchev–Trinajstić information content (AvgIpc) is 3.40. The number of aromatic nitrogens is 1. The Balaban J connectivity index is 0.00000300. The molecule has 0 bridgehead atoms. The molecule has 3 rings (SSSR count). The van der Waals surface area contributed by atoms with Crippen LogP contribution < -0.4 is 25.0 Å². The zero-order valence-corrected chi connectivity index (χ0v) is 20.5. The molecule has 2 aromatic rings. The molecule has 0 aliphatic carbocycles. The number of aliphatic imine (C=N–C) groups is 1. The summed E-state index contributed by atoms with van der Waals surface area (Å²) in [4.78, 5) is 12.5. The summed E-state index contributed by atoms with van der Waals surface area (Å²) in [5.74, 6) is 2.42. The number of anilines is 1. The van der Waals surface area contributed by atoms with Crippen LogP contribution in [-0.2, 0) is 13.0 Å². The predicted molar refractivity (Wildman–Crippen MR) is 130 cm³/mol. The van der Waals surface area contributed by atoms with Gasteiger partial charge in [-0.3, -0.25) is 4.99 Å². The third-order valence-corrected chi connectivity index (χ3v) is 5.95. The first-order valence-electron chi connectivity index (χ1n) is 9.54. The van der Waals surface area contributed by atoms with Gasteiger partial charge in [-0.1, -0.05) is 6.92 Å². The molecule has 0 amide bonds. The molecule has 1 atom stereocenters. The highest BCUT2D eigenvalue weighted by Crippen LogP contribution is 2.30. The van der Waals surface area contributed by atoms with Gasteiger partial charge in [-0.25, -0.2) is 4.98 Å². The highest BCUT2D eigenvalue weighted by atomic mass is 127. The second-order valence-electron chi connectivity index (χ2n) is 6.65. The van der Waals surface area contributed by atoms with E-state index in [-0.39, 0.29) is 24.0 Å². The molecule has 1 saturated heterocycles. The van der Waals surface area contributed by atoms with Crippen molar-refractivity contribution in [3.8, 4) is 11.5 Å². The van der Waals surface area contributed by atoms with Crippen LogP contribution in [0.3, 0.4) is 0 Å². The van der Waals surface area contributed by atoms with E-state index in [1.54, 1.807) is 32.6 Å². The van der Waals surface area contributed by atoms with Crippen LogP contribution in [0.1, 0.15) is 23.2 Å². The number of benzene rings is 1. The monoisotopic (exact) mass is 531 g/mol. The number of nitrogens with one attached hydrogen (secondary N) is 2. The molecule has 0 saturated carbocycles. The lowest BCUT2D eigenvalue weighted by Crippen LogP contribution is -2.44. The number of hydrogen-bond acceptors (Lipinski definition) is 6. The van der Waals surface area contributed by atoms with Gasteiger partial charge in [0.1, 0.15) is 16.5 Å². The summed E-state index contributed by atoms with van der Waals surface area (Å²) in [5.41, 5.74) is 1.11. The van der Waals surface area contributed by atoms with Gasteiger partial charge in [0.25, 0.3) is 0 Å². The summed E-state index contributed by atoms with van der Waals surface area (Å²) >= 11 is 1.74. The van der Waals surface area contributed by atoms with Crippen LogP contribution in [0.25, 0.3) is 0 Å². The molecular formula is C20H30IN5O2S. The molecule has 2 heterocycles. The molecule has 0 radical (unpaired) electrons. The Bertz CT molecular complexity index is 792. The Kier molecular flexibility index (Phi) is 9.28. The molecule has 1 aliphatic rings. The second-order valence-corrected chi connectivity index (χ2v) is 7.85. The lowest BCUT2D eigenvalue weighted by atomic mass is 10.2. The van der Waals surface area contributed by atoms with Gasteiger partial charge in [-0.05, 0) is 12.8 Å². The maximum atomic E-state index is 5.39. The molecule has 1 aliphatic heterocycles. The molecule has 1 fully saturated rings. The maximum Gasteiger partial charge on any atom is 0.191 e. The first kappa shape index (κ1) is 23.5. The molecular weight excluding hydrogens is 501 g/mol. The van der Waals surface area contributed by atoms with Crippen molar-refractivity contribution in [3.63, 3.8) is 0 Å². The van der Waals surface area contributed by atoms with Gasteiger partial charge in [0.15, 0.2) is 5.96 Å². The van der Waals surface area contributed by atoms with E-state index in [0.29, 0.717) is 12.6 Å². The smallest absolute Gasteiger partial charge is 0.191 e. The van der Waals surface area contributed by atoms with Crippen molar-refractivity contribution in [2.45, 2.75) is 32.4 Å². The SMILES string of the molecule is CCc1cnc(CNC(=NC)NC2CCN(c3cc(OC)cc(OC)c3)C2)s1.I. The third-order valence-electron chi connectivity index (χ3n) is 4.81. The fourth-order valence-electron chi connectivity index (χ4n) is 3.23. The van der Waals surface area contributed by atoms with Crippen LogP contribution in [0.2, 0.25) is 0 Å². The summed E-state index contributed by atoms with van der Waals surface area (Å²) in [5, 5.41) is 7.97. The topological polar surface area (TPSA) is 71.0 Å². The minimum absolute atomic E-state index is 0. The second kappa shape index (κ2) is 11.4. The van der Waals surface area contributed by atoms with Crippen LogP contribution >= 0.6 is 35.3 Å². The predicted octanol–water partition coefficient (Wildman–Crippen LogP) is 3.28. The van der Waals surface area contributed by atoms with Crippen molar-refractivity contribution in [2.24, 2.45) is 4.99 Å². The zero-order valence-electron chi connectivity index (χ0n) is 17.4. The number of nitrogens with zero attached hydrogens (tertiary/aromatic N) is 3. The molecule has 9 heteroatoms. The van der Waals surface area contributed by atoms with Gasteiger partial charge in [0.05, 0.1) is 20.8 Å². The van der Waals surface area contributed by atoms with Gasteiger partial charge < -0.3 is 25.0 Å². The summed E-state index contributed by atoms with van der Waals surface area (Å²) in [6, 6.07) is 6.31. The minimum Gasteiger partial charge on any atom is -0.497 e. The minimum atomic E-state index is 0. The highest BCUT2D eigenvalue weighted by molar-refractivity contribution is 14.0. The van der Waals surface area contributed by atoms with Crippen LogP contribution in [0.5, 0.6) is 11.5 Å². The third kappa shape index (κ3) is 6.36. The number of ether oxygens (including phenoxy) is 2. The van der Waals surface area contributed by atoms with Crippen molar-refractivity contribution < 1.29 is 9.47 Å². The molecule has 7 nitrogen and oxygen atoms in total. The van der Waals surface area contributed by atoms with E-state index in [0.717, 1.165) is 54.1 Å². The van der Waals surface area contributed by atoms with E-state index in [9.17, 15) is 0 Å². The van der Waals surface area contributed by atoms with E-state index in [1.165, 1.54) is 4.88 Å². The van der Waals surface area contributed by atoms with Crippen molar-refractivity contribution in [2.75, 3.05) is 39.3 Å². The van der Waals surface area contributed by atoms with Crippen LogP contribution in [0.15, 0.2) is 29.4 Å². The molecule has 0 spiro atoms. The largest absolute Gasteiger partial charge is 0.497 e.